The van der Waals surface area contributed by atoms with E-state index in [1.165, 1.54) is 16.8 Å². The minimum atomic E-state index is 0.0512. The standard InChI is InChI=1S/C19H33NO/c1-10-20-14-11-15(18(4,5)6)17(21-13(2)3)16(12-14)19(7,8)9/h11-13,20H,10H2,1-9H3. The molecule has 0 fully saturated rings. The minimum absolute atomic E-state index is 0.0512. The highest BCUT2D eigenvalue weighted by molar-refractivity contribution is 5.59. The van der Waals surface area contributed by atoms with Gasteiger partial charge in [0.2, 0.25) is 0 Å². The monoisotopic (exact) mass is 291 g/mol. The van der Waals surface area contributed by atoms with Crippen molar-refractivity contribution in [3.63, 3.8) is 0 Å². The summed E-state index contributed by atoms with van der Waals surface area (Å²) in [6.45, 7) is 20.7. The van der Waals surface area contributed by atoms with E-state index in [4.69, 9.17) is 4.74 Å². The molecule has 0 unspecified atom stereocenters. The van der Waals surface area contributed by atoms with E-state index in [0.717, 1.165) is 12.3 Å². The molecule has 0 spiro atoms. The zero-order chi connectivity index (χ0) is 16.4. The van der Waals surface area contributed by atoms with E-state index >= 15 is 0 Å². The van der Waals surface area contributed by atoms with Crippen LogP contribution < -0.4 is 10.1 Å². The fourth-order valence-electron chi connectivity index (χ4n) is 2.41. The number of hydrogen-bond donors (Lipinski definition) is 1. The van der Waals surface area contributed by atoms with Crippen molar-refractivity contribution >= 4 is 5.69 Å². The van der Waals surface area contributed by atoms with E-state index in [1.54, 1.807) is 0 Å². The van der Waals surface area contributed by atoms with E-state index in [2.05, 4.69) is 79.8 Å². The number of anilines is 1. The molecule has 0 saturated carbocycles. The number of hydrogen-bond acceptors (Lipinski definition) is 2. The first kappa shape index (κ1) is 17.9. The zero-order valence-corrected chi connectivity index (χ0v) is 15.3. The van der Waals surface area contributed by atoms with Crippen molar-refractivity contribution in [2.75, 3.05) is 11.9 Å². The molecule has 1 rings (SSSR count). The van der Waals surface area contributed by atoms with Gasteiger partial charge in [0, 0.05) is 23.4 Å². The van der Waals surface area contributed by atoms with Gasteiger partial charge >= 0.3 is 0 Å². The fourth-order valence-corrected chi connectivity index (χ4v) is 2.41. The molecule has 0 radical (unpaired) electrons. The van der Waals surface area contributed by atoms with Gasteiger partial charge in [0.25, 0.3) is 0 Å². The number of rotatable bonds is 4. The molecule has 21 heavy (non-hydrogen) atoms. The summed E-state index contributed by atoms with van der Waals surface area (Å²) in [6, 6.07) is 4.49. The smallest absolute Gasteiger partial charge is 0.127 e. The Balaban J connectivity index is 3.61. The molecule has 2 heteroatoms. The Morgan fingerprint density at radius 1 is 0.952 bits per heavy atom. The van der Waals surface area contributed by atoms with Gasteiger partial charge in [-0.05, 0) is 43.7 Å². The van der Waals surface area contributed by atoms with E-state index in [0.29, 0.717) is 0 Å². The predicted molar refractivity (Wildman–Crippen MR) is 93.8 cm³/mol. The van der Waals surface area contributed by atoms with Crippen LogP contribution in [-0.4, -0.2) is 12.6 Å². The highest BCUT2D eigenvalue weighted by Gasteiger charge is 2.28. The van der Waals surface area contributed by atoms with Crippen LogP contribution in [0.3, 0.4) is 0 Å². The van der Waals surface area contributed by atoms with E-state index in [-0.39, 0.29) is 16.9 Å². The maximum absolute atomic E-state index is 6.23. The first-order valence-corrected chi connectivity index (χ1v) is 8.06. The van der Waals surface area contributed by atoms with Gasteiger partial charge in [-0.15, -0.1) is 0 Å². The van der Waals surface area contributed by atoms with Crippen molar-refractivity contribution in [3.8, 4) is 5.75 Å². The second-order valence-electron chi connectivity index (χ2n) is 8.10. The predicted octanol–water partition coefficient (Wildman–Crippen LogP) is 5.50. The second-order valence-corrected chi connectivity index (χ2v) is 8.10. The van der Waals surface area contributed by atoms with Crippen LogP contribution in [0.15, 0.2) is 12.1 Å². The largest absolute Gasteiger partial charge is 0.490 e. The zero-order valence-electron chi connectivity index (χ0n) is 15.3. The number of nitrogens with one attached hydrogen (secondary N) is 1. The summed E-state index contributed by atoms with van der Waals surface area (Å²) >= 11 is 0. The number of benzene rings is 1. The third-order valence-corrected chi connectivity index (χ3v) is 3.44. The average Bonchev–Trinajstić information content (AvgIpc) is 2.27. The lowest BCUT2D eigenvalue weighted by Gasteiger charge is -2.31. The van der Waals surface area contributed by atoms with Gasteiger partial charge in [-0.2, -0.15) is 0 Å². The summed E-state index contributed by atoms with van der Waals surface area (Å²) in [6.07, 6.45) is 0.178. The van der Waals surface area contributed by atoms with Crippen molar-refractivity contribution in [1.82, 2.24) is 0 Å². The fraction of sp³-hybridized carbons (Fsp3) is 0.684. The molecular weight excluding hydrogens is 258 g/mol. The van der Waals surface area contributed by atoms with Crippen molar-refractivity contribution in [1.29, 1.82) is 0 Å². The highest BCUT2D eigenvalue weighted by Crippen LogP contribution is 2.42. The van der Waals surface area contributed by atoms with Crippen molar-refractivity contribution in [2.45, 2.75) is 79.2 Å². The van der Waals surface area contributed by atoms with Crippen LogP contribution in [0.5, 0.6) is 5.75 Å². The lowest BCUT2D eigenvalue weighted by atomic mass is 9.79. The SMILES string of the molecule is CCNc1cc(C(C)(C)C)c(OC(C)C)c(C(C)(C)C)c1. The molecule has 0 bridgehead atoms. The Hall–Kier alpha value is -1.18. The van der Waals surface area contributed by atoms with Gasteiger partial charge in [0.1, 0.15) is 5.75 Å². The number of ether oxygens (including phenoxy) is 1. The topological polar surface area (TPSA) is 21.3 Å². The van der Waals surface area contributed by atoms with Gasteiger partial charge in [0.05, 0.1) is 6.10 Å². The molecule has 0 aromatic heterocycles. The lowest BCUT2D eigenvalue weighted by Crippen LogP contribution is -2.22. The van der Waals surface area contributed by atoms with Gasteiger partial charge in [0.15, 0.2) is 0 Å². The molecule has 0 atom stereocenters. The summed E-state index contributed by atoms with van der Waals surface area (Å²) in [7, 11) is 0. The van der Waals surface area contributed by atoms with Crippen LogP contribution in [0.25, 0.3) is 0 Å². The van der Waals surface area contributed by atoms with Gasteiger partial charge in [-0.3, -0.25) is 0 Å². The molecule has 0 aliphatic rings. The highest BCUT2D eigenvalue weighted by atomic mass is 16.5. The molecular formula is C19H33NO. The molecule has 0 amide bonds. The normalized spacial score (nSPS) is 12.7. The summed E-state index contributed by atoms with van der Waals surface area (Å²) < 4.78 is 6.23. The molecule has 0 aliphatic heterocycles. The van der Waals surface area contributed by atoms with Crippen LogP contribution >= 0.6 is 0 Å². The van der Waals surface area contributed by atoms with Crippen molar-refractivity contribution in [2.24, 2.45) is 0 Å². The minimum Gasteiger partial charge on any atom is -0.490 e. The summed E-state index contributed by atoms with van der Waals surface area (Å²) in [4.78, 5) is 0. The van der Waals surface area contributed by atoms with Crippen molar-refractivity contribution < 1.29 is 4.74 Å². The van der Waals surface area contributed by atoms with Gasteiger partial charge in [-0.1, -0.05) is 41.5 Å². The molecule has 0 aliphatic carbocycles. The average molecular weight is 291 g/mol. The summed E-state index contributed by atoms with van der Waals surface area (Å²) in [5, 5.41) is 3.46. The summed E-state index contributed by atoms with van der Waals surface area (Å²) in [5.41, 5.74) is 3.84. The second kappa shape index (κ2) is 6.29. The molecule has 1 N–H and O–H groups in total. The molecule has 0 heterocycles. The van der Waals surface area contributed by atoms with Gasteiger partial charge in [-0.25, -0.2) is 0 Å². The Kier molecular flexibility index (Phi) is 5.35. The Labute approximate surface area is 131 Å². The molecule has 2 nitrogen and oxygen atoms in total. The molecule has 0 saturated heterocycles. The third-order valence-electron chi connectivity index (χ3n) is 3.44. The van der Waals surface area contributed by atoms with Crippen LogP contribution in [0, 0.1) is 0 Å². The third kappa shape index (κ3) is 4.66. The summed E-state index contributed by atoms with van der Waals surface area (Å²) in [5.74, 6) is 1.06. The van der Waals surface area contributed by atoms with Crippen LogP contribution in [0.4, 0.5) is 5.69 Å². The van der Waals surface area contributed by atoms with Crippen LogP contribution in [0.1, 0.15) is 73.4 Å². The molecule has 120 valence electrons. The van der Waals surface area contributed by atoms with Crippen LogP contribution in [0.2, 0.25) is 0 Å². The molecule has 1 aromatic carbocycles. The lowest BCUT2D eigenvalue weighted by molar-refractivity contribution is 0.231. The van der Waals surface area contributed by atoms with E-state index < -0.39 is 0 Å². The first-order chi connectivity index (χ1) is 9.46. The van der Waals surface area contributed by atoms with Gasteiger partial charge < -0.3 is 10.1 Å². The first-order valence-electron chi connectivity index (χ1n) is 8.06. The Morgan fingerprint density at radius 2 is 1.38 bits per heavy atom. The van der Waals surface area contributed by atoms with Crippen molar-refractivity contribution in [3.05, 3.63) is 23.3 Å². The Morgan fingerprint density at radius 3 is 1.67 bits per heavy atom. The van der Waals surface area contributed by atoms with E-state index in [1.807, 2.05) is 0 Å². The maximum atomic E-state index is 6.23. The van der Waals surface area contributed by atoms with Crippen LogP contribution in [-0.2, 0) is 10.8 Å². The Bertz CT molecular complexity index is 440. The van der Waals surface area contributed by atoms with E-state index in [9.17, 15) is 0 Å². The molecule has 1 aromatic rings. The maximum Gasteiger partial charge on any atom is 0.127 e. The quantitative estimate of drug-likeness (QED) is 0.790.